The number of sulfonamides is 1. The molecule has 0 unspecified atom stereocenters. The highest BCUT2D eigenvalue weighted by Gasteiger charge is 2.32. The van der Waals surface area contributed by atoms with Crippen molar-refractivity contribution in [1.29, 1.82) is 0 Å². The fourth-order valence-corrected chi connectivity index (χ4v) is 9.39. The molecule has 1 aliphatic carbocycles. The molecule has 0 saturated carbocycles. The van der Waals surface area contributed by atoms with E-state index in [-0.39, 0.29) is 28.3 Å². The second kappa shape index (κ2) is 17.1. The van der Waals surface area contributed by atoms with Crippen molar-refractivity contribution < 1.29 is 27.6 Å². The number of nitro groups is 1. The second-order valence-electron chi connectivity index (χ2n) is 16.4. The van der Waals surface area contributed by atoms with Gasteiger partial charge in [0.15, 0.2) is 0 Å². The number of ether oxygens (including phenoxy) is 2. The monoisotopic (exact) mass is 853 g/mol. The number of fused-ring (bicyclic) bond motifs is 1. The number of halogens is 1. The summed E-state index contributed by atoms with van der Waals surface area (Å²) in [6.45, 7) is 9.35. The number of nitro benzene ring substituents is 1. The lowest BCUT2D eigenvalue weighted by atomic mass is 9.74. The number of allylic oxidation sites excluding steroid dienone is 2. The summed E-state index contributed by atoms with van der Waals surface area (Å²) in [5, 5.41) is 16.7. The van der Waals surface area contributed by atoms with Crippen molar-refractivity contribution in [1.82, 2.24) is 19.6 Å². The third-order valence-electron chi connectivity index (χ3n) is 11.7. The van der Waals surface area contributed by atoms with Gasteiger partial charge in [0.1, 0.15) is 22.8 Å². The summed E-state index contributed by atoms with van der Waals surface area (Å²) >= 11 is 6.25. The highest BCUT2D eigenvalue weighted by atomic mass is 35.5. The zero-order valence-corrected chi connectivity index (χ0v) is 35.2. The lowest BCUT2D eigenvalue weighted by Gasteiger charge is -2.43. The summed E-state index contributed by atoms with van der Waals surface area (Å²) in [4.78, 5) is 37.1. The first-order chi connectivity index (χ1) is 28.8. The topological polar surface area (TPSA) is 172 Å². The van der Waals surface area contributed by atoms with Crippen molar-refractivity contribution in [2.45, 2.75) is 50.8 Å². The molecule has 4 heterocycles. The third-order valence-corrected chi connectivity index (χ3v) is 13.3. The maximum absolute atomic E-state index is 13.9. The van der Waals surface area contributed by atoms with Gasteiger partial charge in [0.2, 0.25) is 0 Å². The number of hydrogen-bond acceptors (Lipinski definition) is 11. The molecule has 5 aromatic rings. The summed E-state index contributed by atoms with van der Waals surface area (Å²) in [7, 11) is -4.56. The zero-order valence-electron chi connectivity index (χ0n) is 33.6. The van der Waals surface area contributed by atoms with Crippen LogP contribution in [0, 0.1) is 21.4 Å². The predicted molar refractivity (Wildman–Crippen MR) is 232 cm³/mol. The molecule has 8 rings (SSSR count). The van der Waals surface area contributed by atoms with Crippen LogP contribution in [0.1, 0.15) is 61.9 Å². The number of amides is 1. The molecule has 2 aliphatic heterocycles. The molecule has 314 valence electrons. The number of anilines is 2. The van der Waals surface area contributed by atoms with Crippen LogP contribution in [0.4, 0.5) is 17.1 Å². The first-order valence-corrected chi connectivity index (χ1v) is 22.1. The van der Waals surface area contributed by atoms with Crippen molar-refractivity contribution in [2.75, 3.05) is 56.2 Å². The van der Waals surface area contributed by atoms with E-state index in [1.165, 1.54) is 35.2 Å². The fourth-order valence-electron chi connectivity index (χ4n) is 8.28. The van der Waals surface area contributed by atoms with Gasteiger partial charge in [0.05, 0.1) is 21.6 Å². The van der Waals surface area contributed by atoms with E-state index in [0.717, 1.165) is 62.3 Å². The van der Waals surface area contributed by atoms with Crippen molar-refractivity contribution in [2.24, 2.45) is 11.3 Å². The molecule has 14 nitrogen and oxygen atoms in total. The first kappa shape index (κ1) is 41.1. The minimum Gasteiger partial charge on any atom is -0.455 e. The van der Waals surface area contributed by atoms with Crippen LogP contribution >= 0.6 is 11.6 Å². The van der Waals surface area contributed by atoms with Crippen molar-refractivity contribution >= 4 is 61.2 Å². The van der Waals surface area contributed by atoms with E-state index in [1.54, 1.807) is 30.5 Å². The summed E-state index contributed by atoms with van der Waals surface area (Å²) in [5.74, 6) is -0.207. The van der Waals surface area contributed by atoms with Gasteiger partial charge >= 0.3 is 0 Å². The first-order valence-electron chi connectivity index (χ1n) is 20.2. The molecule has 60 heavy (non-hydrogen) atoms. The molecule has 1 amide bonds. The van der Waals surface area contributed by atoms with Gasteiger partial charge in [-0.2, -0.15) is 0 Å². The van der Waals surface area contributed by atoms with Crippen molar-refractivity contribution in [3.8, 4) is 11.5 Å². The van der Waals surface area contributed by atoms with E-state index >= 15 is 0 Å². The Hall–Kier alpha value is -5.64. The number of nitrogens with one attached hydrogen (secondary N) is 3. The molecule has 0 bridgehead atoms. The molecule has 16 heteroatoms. The van der Waals surface area contributed by atoms with Gasteiger partial charge in [-0.15, -0.1) is 0 Å². The molecule has 0 radical (unpaired) electrons. The predicted octanol–water partition coefficient (Wildman–Crippen LogP) is 8.62. The minimum absolute atomic E-state index is 0.0399. The summed E-state index contributed by atoms with van der Waals surface area (Å²) < 4.78 is 41.2. The molecule has 2 fully saturated rings. The smallest absolute Gasteiger partial charge is 0.293 e. The van der Waals surface area contributed by atoms with Gasteiger partial charge in [0, 0.05) is 86.1 Å². The average molecular weight is 854 g/mol. The molecular weight excluding hydrogens is 806 g/mol. The van der Waals surface area contributed by atoms with Crippen LogP contribution < -0.4 is 19.7 Å². The maximum atomic E-state index is 13.9. The van der Waals surface area contributed by atoms with Crippen LogP contribution in [0.15, 0.2) is 95.8 Å². The summed E-state index contributed by atoms with van der Waals surface area (Å²) in [6.07, 6.45) is 7.99. The molecule has 0 spiro atoms. The Kier molecular flexibility index (Phi) is 11.7. The molecule has 3 aromatic carbocycles. The number of piperazine rings is 1. The highest BCUT2D eigenvalue weighted by molar-refractivity contribution is 7.90. The molecule has 0 atom stereocenters. The van der Waals surface area contributed by atoms with E-state index in [1.807, 2.05) is 18.2 Å². The van der Waals surface area contributed by atoms with Crippen LogP contribution in [-0.4, -0.2) is 80.1 Å². The Balaban J connectivity index is 1.03. The van der Waals surface area contributed by atoms with Crippen molar-refractivity contribution in [3.63, 3.8) is 0 Å². The Morgan fingerprint density at radius 3 is 2.52 bits per heavy atom. The number of benzene rings is 3. The highest BCUT2D eigenvalue weighted by Crippen LogP contribution is 2.44. The van der Waals surface area contributed by atoms with Gasteiger partial charge in [0.25, 0.3) is 21.6 Å². The molecular formula is C44H48ClN7O7S. The zero-order chi connectivity index (χ0) is 42.0. The van der Waals surface area contributed by atoms with Crippen LogP contribution in [0.5, 0.6) is 11.5 Å². The van der Waals surface area contributed by atoms with E-state index < -0.39 is 31.4 Å². The molecule has 3 N–H and O–H groups in total. The Labute approximate surface area is 354 Å². The molecule has 2 aromatic heterocycles. The van der Waals surface area contributed by atoms with Gasteiger partial charge in [-0.25, -0.2) is 18.1 Å². The van der Waals surface area contributed by atoms with E-state index in [9.17, 15) is 23.3 Å². The average Bonchev–Trinajstić information content (AvgIpc) is 3.71. The standard InChI is InChI=1S/C44H48ClN7O7S/c1-44(2)15-11-39(37(26-44)30-3-5-32(45)6-4-30)51-19-17-50(18-20-51)33-7-9-36(41(24-33)59-34-23-31-12-16-46-42(31)48-28-34)43(53)49-60(56,57)35-8-10-38(40(25-35)52(54)55)47-27-29-13-21-58-22-14-29/h3-10,12,16,23-25,28-29,47H,11,13-15,17-22,26-27H2,1-2H3,(H,46,48)(H,49,53). The Morgan fingerprint density at radius 1 is 1.02 bits per heavy atom. The number of aromatic amines is 1. The SMILES string of the molecule is CC1(C)CCC(N2CCN(c3ccc(C(=O)NS(=O)(=O)c4ccc(NCC5CCOCC5)c([N+](=O)[O-])c4)c(Oc4cnc5[nH]ccc5c4)c3)CC2)=C(c2ccc(Cl)cc2)C1. The van der Waals surface area contributed by atoms with Gasteiger partial charge in [-0.1, -0.05) is 37.6 Å². The summed E-state index contributed by atoms with van der Waals surface area (Å²) in [6, 6.07) is 20.4. The van der Waals surface area contributed by atoms with E-state index in [0.29, 0.717) is 49.3 Å². The second-order valence-corrected chi connectivity index (χ2v) is 18.5. The van der Waals surface area contributed by atoms with Crippen LogP contribution in [0.3, 0.4) is 0 Å². The lowest BCUT2D eigenvalue weighted by Crippen LogP contribution is -2.46. The number of pyridine rings is 1. The van der Waals surface area contributed by atoms with Crippen LogP contribution in [0.2, 0.25) is 5.02 Å². The Morgan fingerprint density at radius 2 is 1.77 bits per heavy atom. The number of hydrogen-bond donors (Lipinski definition) is 3. The largest absolute Gasteiger partial charge is 0.455 e. The van der Waals surface area contributed by atoms with E-state index in [4.69, 9.17) is 21.1 Å². The third kappa shape index (κ3) is 9.23. The molecule has 3 aliphatic rings. The maximum Gasteiger partial charge on any atom is 0.293 e. The minimum atomic E-state index is -4.56. The van der Waals surface area contributed by atoms with Gasteiger partial charge in [-0.05, 0) is 103 Å². The van der Waals surface area contributed by atoms with E-state index in [2.05, 4.69) is 55.8 Å². The number of nitrogens with zero attached hydrogens (tertiary/aromatic N) is 4. The van der Waals surface area contributed by atoms with Crippen LogP contribution in [-0.2, 0) is 14.8 Å². The Bertz CT molecular complexity index is 2550. The fraction of sp³-hybridized carbons (Fsp3) is 0.364. The van der Waals surface area contributed by atoms with Gasteiger partial charge < -0.3 is 29.6 Å². The number of aromatic nitrogens is 2. The summed E-state index contributed by atoms with van der Waals surface area (Å²) in [5.41, 5.74) is 5.32. The van der Waals surface area contributed by atoms with Crippen molar-refractivity contribution in [3.05, 3.63) is 117 Å². The quantitative estimate of drug-likeness (QED) is 0.0811. The number of carbonyl (C=O) groups is 1. The van der Waals surface area contributed by atoms with Gasteiger partial charge in [-0.3, -0.25) is 14.9 Å². The number of H-pyrrole nitrogens is 1. The lowest BCUT2D eigenvalue weighted by molar-refractivity contribution is -0.384. The molecule has 2 saturated heterocycles. The number of carbonyl (C=O) groups excluding carboxylic acids is 1. The normalized spacial score (nSPS) is 17.4. The van der Waals surface area contributed by atoms with Crippen LogP contribution in [0.25, 0.3) is 16.6 Å². The number of rotatable bonds is 12.